The molecule has 0 spiro atoms. The molecule has 0 fully saturated rings. The SMILES string of the molecule is NC(=O)CCCCNC(=O)c1ccc(N)cc1Cl. The molecule has 5 nitrogen and oxygen atoms in total. The van der Waals surface area contributed by atoms with E-state index >= 15 is 0 Å². The number of hydrogen-bond acceptors (Lipinski definition) is 3. The van der Waals surface area contributed by atoms with E-state index in [0.717, 1.165) is 0 Å². The van der Waals surface area contributed by atoms with Crippen molar-refractivity contribution in [3.05, 3.63) is 28.8 Å². The molecule has 0 aliphatic carbocycles. The summed E-state index contributed by atoms with van der Waals surface area (Å²) in [4.78, 5) is 22.2. The minimum Gasteiger partial charge on any atom is -0.399 e. The molecule has 1 rings (SSSR count). The zero-order valence-electron chi connectivity index (χ0n) is 9.91. The second-order valence-electron chi connectivity index (χ2n) is 3.92. The van der Waals surface area contributed by atoms with Gasteiger partial charge in [0.2, 0.25) is 5.91 Å². The maximum Gasteiger partial charge on any atom is 0.252 e. The van der Waals surface area contributed by atoms with E-state index in [4.69, 9.17) is 23.1 Å². The van der Waals surface area contributed by atoms with Crippen molar-refractivity contribution in [2.24, 2.45) is 5.73 Å². The van der Waals surface area contributed by atoms with Crippen LogP contribution in [0.3, 0.4) is 0 Å². The summed E-state index contributed by atoms with van der Waals surface area (Å²) in [5.41, 5.74) is 11.4. The molecule has 0 saturated heterocycles. The average Bonchev–Trinajstić information content (AvgIpc) is 2.27. The highest BCUT2D eigenvalue weighted by Gasteiger charge is 2.09. The van der Waals surface area contributed by atoms with Crippen LogP contribution in [0.1, 0.15) is 29.6 Å². The van der Waals surface area contributed by atoms with Crippen molar-refractivity contribution < 1.29 is 9.59 Å². The van der Waals surface area contributed by atoms with Gasteiger partial charge in [-0.05, 0) is 31.0 Å². The van der Waals surface area contributed by atoms with Gasteiger partial charge in [0, 0.05) is 18.7 Å². The number of carbonyl (C=O) groups is 2. The first-order chi connectivity index (χ1) is 8.50. The van der Waals surface area contributed by atoms with Crippen LogP contribution in [-0.2, 0) is 4.79 Å². The van der Waals surface area contributed by atoms with Gasteiger partial charge in [0.25, 0.3) is 5.91 Å². The summed E-state index contributed by atoms with van der Waals surface area (Å²) in [5, 5.41) is 3.04. The number of primary amides is 1. The molecule has 0 aliphatic rings. The van der Waals surface area contributed by atoms with Gasteiger partial charge >= 0.3 is 0 Å². The molecule has 18 heavy (non-hydrogen) atoms. The standard InChI is InChI=1S/C12H16ClN3O2/c13-10-7-8(14)4-5-9(10)12(18)16-6-2-1-3-11(15)17/h4-5,7H,1-3,6,14H2,(H2,15,17)(H,16,18). The lowest BCUT2D eigenvalue weighted by molar-refractivity contribution is -0.118. The molecule has 0 aromatic heterocycles. The molecule has 0 aliphatic heterocycles. The Morgan fingerprint density at radius 2 is 2.00 bits per heavy atom. The summed E-state index contributed by atoms with van der Waals surface area (Å²) in [7, 11) is 0. The van der Waals surface area contributed by atoms with Gasteiger partial charge in [-0.1, -0.05) is 11.6 Å². The third-order valence-electron chi connectivity index (χ3n) is 2.37. The fraction of sp³-hybridized carbons (Fsp3) is 0.333. The number of nitrogens with one attached hydrogen (secondary N) is 1. The van der Waals surface area contributed by atoms with E-state index < -0.39 is 0 Å². The minimum absolute atomic E-state index is 0.251. The van der Waals surface area contributed by atoms with E-state index in [2.05, 4.69) is 5.32 Å². The third-order valence-corrected chi connectivity index (χ3v) is 2.69. The summed E-state index contributed by atoms with van der Waals surface area (Å²) >= 11 is 5.90. The van der Waals surface area contributed by atoms with E-state index in [1.165, 1.54) is 6.07 Å². The van der Waals surface area contributed by atoms with Gasteiger partial charge in [-0.25, -0.2) is 0 Å². The number of hydrogen-bond donors (Lipinski definition) is 3. The molecule has 0 heterocycles. The predicted octanol–water partition coefficient (Wildman–Crippen LogP) is 1.31. The second kappa shape index (κ2) is 6.86. The Hall–Kier alpha value is -1.75. The Bertz CT molecular complexity index is 449. The number of anilines is 1. The predicted molar refractivity (Wildman–Crippen MR) is 71.2 cm³/mol. The molecule has 0 saturated carbocycles. The molecule has 0 atom stereocenters. The molecular weight excluding hydrogens is 254 g/mol. The fourth-order valence-corrected chi connectivity index (χ4v) is 1.71. The van der Waals surface area contributed by atoms with Crippen LogP contribution in [0.5, 0.6) is 0 Å². The van der Waals surface area contributed by atoms with E-state index in [0.29, 0.717) is 42.1 Å². The van der Waals surface area contributed by atoms with Gasteiger partial charge in [-0.3, -0.25) is 9.59 Å². The minimum atomic E-state index is -0.331. The van der Waals surface area contributed by atoms with Crippen molar-refractivity contribution in [2.45, 2.75) is 19.3 Å². The molecule has 2 amide bonds. The van der Waals surface area contributed by atoms with Crippen LogP contribution in [0.15, 0.2) is 18.2 Å². The topological polar surface area (TPSA) is 98.2 Å². The highest BCUT2D eigenvalue weighted by molar-refractivity contribution is 6.34. The quantitative estimate of drug-likeness (QED) is 0.536. The van der Waals surface area contributed by atoms with Crippen molar-refractivity contribution in [1.82, 2.24) is 5.32 Å². The zero-order chi connectivity index (χ0) is 13.5. The zero-order valence-corrected chi connectivity index (χ0v) is 10.7. The Morgan fingerprint density at radius 3 is 2.61 bits per heavy atom. The Morgan fingerprint density at radius 1 is 1.28 bits per heavy atom. The lowest BCUT2D eigenvalue weighted by Crippen LogP contribution is -2.25. The largest absolute Gasteiger partial charge is 0.399 e. The summed E-state index contributed by atoms with van der Waals surface area (Å²) in [5.74, 6) is -0.581. The van der Waals surface area contributed by atoms with Gasteiger partial charge in [-0.2, -0.15) is 0 Å². The molecule has 1 aromatic carbocycles. The lowest BCUT2D eigenvalue weighted by Gasteiger charge is -2.06. The molecule has 6 heteroatoms. The monoisotopic (exact) mass is 269 g/mol. The molecule has 0 unspecified atom stereocenters. The first-order valence-corrected chi connectivity index (χ1v) is 6.00. The van der Waals surface area contributed by atoms with Gasteiger partial charge in [0.1, 0.15) is 0 Å². The van der Waals surface area contributed by atoms with Crippen LogP contribution >= 0.6 is 11.6 Å². The van der Waals surface area contributed by atoms with Crippen LogP contribution < -0.4 is 16.8 Å². The first-order valence-electron chi connectivity index (χ1n) is 5.62. The Balaban J connectivity index is 2.39. The number of unbranched alkanes of at least 4 members (excludes halogenated alkanes) is 1. The lowest BCUT2D eigenvalue weighted by atomic mass is 10.2. The normalized spacial score (nSPS) is 10.1. The number of halogens is 1. The Kier molecular flexibility index (Phi) is 5.45. The average molecular weight is 270 g/mol. The van der Waals surface area contributed by atoms with Gasteiger partial charge in [0.15, 0.2) is 0 Å². The maximum atomic E-state index is 11.7. The summed E-state index contributed by atoms with van der Waals surface area (Å²) in [6, 6.07) is 4.73. The fourth-order valence-electron chi connectivity index (χ4n) is 1.44. The number of nitrogens with two attached hydrogens (primary N) is 2. The molecule has 1 aromatic rings. The van der Waals surface area contributed by atoms with Crippen molar-refractivity contribution in [2.75, 3.05) is 12.3 Å². The highest BCUT2D eigenvalue weighted by atomic mass is 35.5. The van der Waals surface area contributed by atoms with Crippen LogP contribution in [0, 0.1) is 0 Å². The van der Waals surface area contributed by atoms with Crippen molar-refractivity contribution in [3.8, 4) is 0 Å². The number of benzene rings is 1. The number of nitrogen functional groups attached to an aromatic ring is 1. The van der Waals surface area contributed by atoms with E-state index in [-0.39, 0.29) is 11.8 Å². The third kappa shape index (κ3) is 4.63. The molecule has 0 radical (unpaired) electrons. The highest BCUT2D eigenvalue weighted by Crippen LogP contribution is 2.18. The number of carbonyl (C=O) groups excluding carboxylic acids is 2. The summed E-state index contributed by atoms with van der Waals surface area (Å²) in [6.07, 6.45) is 1.69. The van der Waals surface area contributed by atoms with Crippen LogP contribution in [0.25, 0.3) is 0 Å². The van der Waals surface area contributed by atoms with E-state index in [1.54, 1.807) is 12.1 Å². The van der Waals surface area contributed by atoms with E-state index in [1.807, 2.05) is 0 Å². The first kappa shape index (κ1) is 14.3. The van der Waals surface area contributed by atoms with Crippen LogP contribution in [-0.4, -0.2) is 18.4 Å². The smallest absolute Gasteiger partial charge is 0.252 e. The van der Waals surface area contributed by atoms with Gasteiger partial charge in [-0.15, -0.1) is 0 Å². The second-order valence-corrected chi connectivity index (χ2v) is 4.33. The number of rotatable bonds is 6. The molecular formula is C12H16ClN3O2. The van der Waals surface area contributed by atoms with Crippen molar-refractivity contribution >= 4 is 29.1 Å². The van der Waals surface area contributed by atoms with Crippen LogP contribution in [0.4, 0.5) is 5.69 Å². The van der Waals surface area contributed by atoms with Crippen molar-refractivity contribution in [3.63, 3.8) is 0 Å². The van der Waals surface area contributed by atoms with Crippen molar-refractivity contribution in [1.29, 1.82) is 0 Å². The Labute approximate surface area is 110 Å². The van der Waals surface area contributed by atoms with E-state index in [9.17, 15) is 9.59 Å². The molecule has 98 valence electrons. The van der Waals surface area contributed by atoms with Gasteiger partial charge in [0.05, 0.1) is 10.6 Å². The molecule has 0 bridgehead atoms. The maximum absolute atomic E-state index is 11.7. The van der Waals surface area contributed by atoms with Crippen LogP contribution in [0.2, 0.25) is 5.02 Å². The summed E-state index contributed by atoms with van der Waals surface area (Å²) < 4.78 is 0. The number of amides is 2. The molecule has 5 N–H and O–H groups in total. The summed E-state index contributed by atoms with van der Waals surface area (Å²) in [6.45, 7) is 0.479. The van der Waals surface area contributed by atoms with Gasteiger partial charge < -0.3 is 16.8 Å².